The predicted octanol–water partition coefficient (Wildman–Crippen LogP) is 5.59. The van der Waals surface area contributed by atoms with Crippen molar-refractivity contribution in [1.82, 2.24) is 0 Å². The Balaban J connectivity index is 1.90. The number of pyridine rings is 1. The lowest BCUT2D eigenvalue weighted by Crippen LogP contribution is -2.28. The fourth-order valence-electron chi connectivity index (χ4n) is 2.97. The van der Waals surface area contributed by atoms with Crippen LogP contribution in [0.2, 0.25) is 0 Å². The van der Waals surface area contributed by atoms with Crippen molar-refractivity contribution >= 4 is 22.4 Å². The van der Waals surface area contributed by atoms with Gasteiger partial charge in [-0.2, -0.15) is 0 Å². The second-order valence-corrected chi connectivity index (χ2v) is 6.73. The molecule has 0 N–H and O–H groups in total. The van der Waals surface area contributed by atoms with Crippen molar-refractivity contribution in [2.75, 3.05) is 0 Å². The second kappa shape index (κ2) is 6.91. The van der Waals surface area contributed by atoms with E-state index in [4.69, 9.17) is 0 Å². The van der Waals surface area contributed by atoms with Gasteiger partial charge in [0.05, 0.1) is 12.2 Å². The first-order valence-corrected chi connectivity index (χ1v) is 8.43. The summed E-state index contributed by atoms with van der Waals surface area (Å²) in [6.45, 7) is 6.57. The molecule has 0 saturated carbocycles. The van der Waals surface area contributed by atoms with Crippen LogP contribution in [0.25, 0.3) is 10.9 Å². The number of rotatable bonds is 4. The van der Waals surface area contributed by atoms with Crippen LogP contribution >= 0.6 is 0 Å². The lowest BCUT2D eigenvalue weighted by Gasteiger charge is -2.06. The van der Waals surface area contributed by atoms with Crippen LogP contribution in [0, 0.1) is 12.8 Å². The van der Waals surface area contributed by atoms with Crippen molar-refractivity contribution in [2.24, 2.45) is 23.2 Å². The maximum absolute atomic E-state index is 4.47. The highest BCUT2D eigenvalue weighted by Crippen LogP contribution is 2.23. The minimum absolute atomic E-state index is 0.661. The van der Waals surface area contributed by atoms with Gasteiger partial charge in [-0.05, 0) is 53.7 Å². The zero-order valence-electron chi connectivity index (χ0n) is 14.8. The normalized spacial score (nSPS) is 11.7. The highest BCUT2D eigenvalue weighted by Gasteiger charge is 2.10. The summed E-state index contributed by atoms with van der Waals surface area (Å²) in [6.07, 6.45) is 1.10. The standard InChI is InChI=1S/C21H24N3/c1-15(2)13-17-9-11-19(16(3)14-17)22-23-21-12-10-18-7-5-6-8-20(18)24(21)4/h5-12,14-15H,13H2,1-4H3/q+1. The van der Waals surface area contributed by atoms with Crippen LogP contribution in [0.3, 0.4) is 0 Å². The summed E-state index contributed by atoms with van der Waals surface area (Å²) in [5.74, 6) is 1.51. The molecule has 0 amide bonds. The van der Waals surface area contributed by atoms with Gasteiger partial charge in [0, 0.05) is 11.5 Å². The minimum atomic E-state index is 0.661. The zero-order valence-corrected chi connectivity index (χ0v) is 14.8. The van der Waals surface area contributed by atoms with E-state index in [9.17, 15) is 0 Å². The van der Waals surface area contributed by atoms with Crippen LogP contribution in [0.4, 0.5) is 11.5 Å². The molecule has 0 aliphatic rings. The summed E-state index contributed by atoms with van der Waals surface area (Å²) in [7, 11) is 2.02. The molecule has 0 aliphatic carbocycles. The zero-order chi connectivity index (χ0) is 17.1. The van der Waals surface area contributed by atoms with Gasteiger partial charge in [0.2, 0.25) is 0 Å². The van der Waals surface area contributed by atoms with Crippen molar-refractivity contribution in [1.29, 1.82) is 0 Å². The monoisotopic (exact) mass is 318 g/mol. The summed E-state index contributed by atoms with van der Waals surface area (Å²) < 4.78 is 2.07. The van der Waals surface area contributed by atoms with Gasteiger partial charge in [0.25, 0.3) is 0 Å². The Bertz CT molecular complexity index is 895. The van der Waals surface area contributed by atoms with Crippen molar-refractivity contribution in [3.63, 3.8) is 0 Å². The van der Waals surface area contributed by atoms with Crippen LogP contribution in [-0.4, -0.2) is 0 Å². The maximum Gasteiger partial charge on any atom is 0.350 e. The van der Waals surface area contributed by atoms with Crippen molar-refractivity contribution in [3.05, 3.63) is 65.7 Å². The van der Waals surface area contributed by atoms with Crippen LogP contribution in [0.15, 0.2) is 64.8 Å². The summed E-state index contributed by atoms with van der Waals surface area (Å²) in [5.41, 5.74) is 4.60. The molecule has 0 fully saturated rings. The first-order valence-electron chi connectivity index (χ1n) is 8.43. The van der Waals surface area contributed by atoms with Crippen LogP contribution in [-0.2, 0) is 13.5 Å². The molecule has 3 aromatic rings. The summed E-state index contributed by atoms with van der Waals surface area (Å²) in [4.78, 5) is 0. The fraction of sp³-hybridized carbons (Fsp3) is 0.286. The molecule has 0 bridgehead atoms. The van der Waals surface area contributed by atoms with Crippen LogP contribution in [0.5, 0.6) is 0 Å². The van der Waals surface area contributed by atoms with E-state index in [1.807, 2.05) is 25.2 Å². The molecule has 1 aromatic heterocycles. The number of azo groups is 1. The maximum atomic E-state index is 4.47. The number of aromatic nitrogens is 1. The Morgan fingerprint density at radius 2 is 1.75 bits per heavy atom. The highest BCUT2D eigenvalue weighted by atomic mass is 15.2. The third kappa shape index (κ3) is 3.51. The van der Waals surface area contributed by atoms with Gasteiger partial charge in [-0.25, -0.2) is 4.57 Å². The Morgan fingerprint density at radius 1 is 0.958 bits per heavy atom. The molecule has 0 unspecified atom stereocenters. The van der Waals surface area contributed by atoms with E-state index in [0.29, 0.717) is 5.92 Å². The minimum Gasteiger partial charge on any atom is -0.224 e. The number of benzene rings is 2. The Morgan fingerprint density at radius 3 is 2.50 bits per heavy atom. The van der Waals surface area contributed by atoms with E-state index in [0.717, 1.165) is 23.4 Å². The molecule has 122 valence electrons. The first kappa shape index (κ1) is 16.3. The molecule has 2 aromatic carbocycles. The SMILES string of the molecule is Cc1cc(CC(C)C)ccc1N=Nc1ccc2ccccc2[n+]1C. The molecule has 1 heterocycles. The molecule has 3 heteroatoms. The molecule has 0 spiro atoms. The number of aryl methyl sites for hydroxylation is 2. The fourth-order valence-corrected chi connectivity index (χ4v) is 2.97. The van der Waals surface area contributed by atoms with Crippen molar-refractivity contribution < 1.29 is 4.57 Å². The van der Waals surface area contributed by atoms with Crippen molar-refractivity contribution in [2.45, 2.75) is 27.2 Å². The van der Waals surface area contributed by atoms with Gasteiger partial charge < -0.3 is 0 Å². The first-order chi connectivity index (χ1) is 11.5. The molecule has 0 atom stereocenters. The number of fused-ring (bicyclic) bond motifs is 1. The average molecular weight is 318 g/mol. The van der Waals surface area contributed by atoms with Gasteiger partial charge in [-0.1, -0.05) is 44.2 Å². The van der Waals surface area contributed by atoms with Crippen LogP contribution < -0.4 is 4.57 Å². The van der Waals surface area contributed by atoms with Crippen molar-refractivity contribution in [3.8, 4) is 0 Å². The van der Waals surface area contributed by atoms with Gasteiger partial charge >= 0.3 is 5.82 Å². The summed E-state index contributed by atoms with van der Waals surface area (Å²) in [6, 6.07) is 18.8. The number of hydrogen-bond acceptors (Lipinski definition) is 2. The number of para-hydroxylation sites is 1. The van der Waals surface area contributed by atoms with E-state index in [-0.39, 0.29) is 0 Å². The molecule has 0 saturated heterocycles. The molecule has 0 radical (unpaired) electrons. The van der Waals surface area contributed by atoms with E-state index >= 15 is 0 Å². The lowest BCUT2D eigenvalue weighted by molar-refractivity contribution is -0.631. The van der Waals surface area contributed by atoms with E-state index in [2.05, 4.69) is 72.0 Å². The van der Waals surface area contributed by atoms with Gasteiger partial charge in [0.1, 0.15) is 11.2 Å². The van der Waals surface area contributed by atoms with E-state index < -0.39 is 0 Å². The molecular formula is C21H24N3+. The lowest BCUT2D eigenvalue weighted by atomic mass is 10.0. The van der Waals surface area contributed by atoms with Gasteiger partial charge in [-0.3, -0.25) is 0 Å². The molecule has 24 heavy (non-hydrogen) atoms. The number of hydrogen-bond donors (Lipinski definition) is 0. The predicted molar refractivity (Wildman–Crippen MR) is 99.0 cm³/mol. The highest BCUT2D eigenvalue weighted by molar-refractivity contribution is 5.76. The molecule has 3 nitrogen and oxygen atoms in total. The molecular weight excluding hydrogens is 294 g/mol. The Hall–Kier alpha value is -2.55. The van der Waals surface area contributed by atoms with Gasteiger partial charge in [0.15, 0.2) is 0 Å². The Labute approximate surface area is 143 Å². The van der Waals surface area contributed by atoms with E-state index in [1.54, 1.807) is 0 Å². The molecule has 3 rings (SSSR count). The number of nitrogens with zero attached hydrogens (tertiary/aromatic N) is 3. The summed E-state index contributed by atoms with van der Waals surface area (Å²) in [5, 5.41) is 10.1. The molecule has 0 aliphatic heterocycles. The Kier molecular flexibility index (Phi) is 4.70. The quantitative estimate of drug-likeness (QED) is 0.443. The largest absolute Gasteiger partial charge is 0.350 e. The van der Waals surface area contributed by atoms with Gasteiger partial charge in [-0.15, -0.1) is 0 Å². The summed E-state index contributed by atoms with van der Waals surface area (Å²) >= 11 is 0. The van der Waals surface area contributed by atoms with Crippen LogP contribution in [0.1, 0.15) is 25.0 Å². The third-order valence-corrected chi connectivity index (χ3v) is 4.22. The third-order valence-electron chi connectivity index (χ3n) is 4.22. The second-order valence-electron chi connectivity index (χ2n) is 6.73. The smallest absolute Gasteiger partial charge is 0.224 e. The van der Waals surface area contributed by atoms with E-state index in [1.165, 1.54) is 16.5 Å². The average Bonchev–Trinajstić information content (AvgIpc) is 2.55. The topological polar surface area (TPSA) is 28.6 Å².